The van der Waals surface area contributed by atoms with Gasteiger partial charge in [-0.15, -0.1) is 10.2 Å². The summed E-state index contributed by atoms with van der Waals surface area (Å²) in [6, 6.07) is 0. The Kier molecular flexibility index (Phi) is 8.00. The molecule has 1 heterocycles. The minimum Gasteiger partial charge on any atom is -0.282 e. The number of thioether (sulfide) groups is 3. The average Bonchev–Trinajstić information content (AvgIpc) is 2.79. The van der Waals surface area contributed by atoms with Gasteiger partial charge in [0.2, 0.25) is 5.12 Å². The van der Waals surface area contributed by atoms with Crippen LogP contribution in [0, 0.1) is 0 Å². The minimum atomic E-state index is 0.0297. The van der Waals surface area contributed by atoms with Crippen LogP contribution in [0.4, 0.5) is 0 Å². The average molecular weight is 307 g/mol. The van der Waals surface area contributed by atoms with Crippen LogP contribution < -0.4 is 0 Å². The van der Waals surface area contributed by atoms with Gasteiger partial charge in [0, 0.05) is 17.3 Å². The maximum absolute atomic E-state index is 11.0. The molecule has 0 unspecified atom stereocenters. The molecule has 0 N–H and O–H groups in total. The molecule has 7 heteroatoms. The first-order chi connectivity index (χ1) is 8.26. The van der Waals surface area contributed by atoms with Crippen LogP contribution in [0.2, 0.25) is 0 Å². The summed E-state index contributed by atoms with van der Waals surface area (Å²) in [6.45, 7) is 5.58. The normalized spacial score (nSPS) is 10.4. The summed E-state index contributed by atoms with van der Waals surface area (Å²) in [5.74, 6) is 2.74. The van der Waals surface area contributed by atoms with E-state index in [9.17, 15) is 4.79 Å². The Morgan fingerprint density at radius 1 is 1.29 bits per heavy atom. The number of carbonyl (C=O) groups is 1. The number of aromatic nitrogens is 2. The second-order valence-corrected chi connectivity index (χ2v) is 7.66. The molecule has 0 saturated heterocycles. The molecular weight excluding hydrogens is 292 g/mol. The quantitative estimate of drug-likeness (QED) is 0.415. The van der Waals surface area contributed by atoms with Gasteiger partial charge >= 0.3 is 0 Å². The highest BCUT2D eigenvalue weighted by atomic mass is 32.2. The van der Waals surface area contributed by atoms with Crippen LogP contribution in [0.15, 0.2) is 21.3 Å². The fourth-order valence-electron chi connectivity index (χ4n) is 0.833. The standard InChI is InChI=1S/C10H14N2OS4/c1-3-5-15-9-11-12-10(17-9)16-7-6-14-8(13)4-2/h4H,2-3,5-7H2,1H3. The highest BCUT2D eigenvalue weighted by molar-refractivity contribution is 8.14. The maximum atomic E-state index is 11.0. The summed E-state index contributed by atoms with van der Waals surface area (Å²) in [7, 11) is 0. The molecule has 0 radical (unpaired) electrons. The summed E-state index contributed by atoms with van der Waals surface area (Å²) in [5, 5.41) is 8.24. The Morgan fingerprint density at radius 2 is 1.94 bits per heavy atom. The monoisotopic (exact) mass is 306 g/mol. The number of hydrogen-bond acceptors (Lipinski definition) is 7. The first-order valence-electron chi connectivity index (χ1n) is 5.14. The van der Waals surface area contributed by atoms with Crippen molar-refractivity contribution in [2.45, 2.75) is 22.0 Å². The Balaban J connectivity index is 2.20. The lowest BCUT2D eigenvalue weighted by molar-refractivity contribution is -0.107. The van der Waals surface area contributed by atoms with Crippen LogP contribution in [0.5, 0.6) is 0 Å². The van der Waals surface area contributed by atoms with Gasteiger partial charge in [-0.1, -0.05) is 60.1 Å². The summed E-state index contributed by atoms with van der Waals surface area (Å²) in [5.41, 5.74) is 0. The topological polar surface area (TPSA) is 42.9 Å². The summed E-state index contributed by atoms with van der Waals surface area (Å²) < 4.78 is 2.01. The first kappa shape index (κ1) is 15.1. The molecule has 0 saturated carbocycles. The molecule has 94 valence electrons. The van der Waals surface area contributed by atoms with Gasteiger partial charge in [-0.2, -0.15) is 0 Å². The van der Waals surface area contributed by atoms with Crippen molar-refractivity contribution in [2.24, 2.45) is 0 Å². The lowest BCUT2D eigenvalue weighted by Gasteiger charge is -1.94. The Morgan fingerprint density at radius 3 is 2.53 bits per heavy atom. The molecule has 0 amide bonds. The van der Waals surface area contributed by atoms with Gasteiger partial charge in [0.1, 0.15) is 0 Å². The molecular formula is C10H14N2OS4. The van der Waals surface area contributed by atoms with E-state index in [1.807, 2.05) is 0 Å². The predicted molar refractivity (Wildman–Crippen MR) is 79.3 cm³/mol. The molecule has 0 aliphatic rings. The van der Waals surface area contributed by atoms with Crippen molar-refractivity contribution in [3.05, 3.63) is 12.7 Å². The van der Waals surface area contributed by atoms with Crippen LogP contribution in [-0.2, 0) is 4.79 Å². The van der Waals surface area contributed by atoms with Crippen molar-refractivity contribution >= 4 is 51.7 Å². The van der Waals surface area contributed by atoms with E-state index in [2.05, 4.69) is 23.7 Å². The molecule has 0 aliphatic carbocycles. The zero-order chi connectivity index (χ0) is 12.5. The molecule has 0 aliphatic heterocycles. The van der Waals surface area contributed by atoms with Crippen LogP contribution >= 0.6 is 46.6 Å². The van der Waals surface area contributed by atoms with E-state index < -0.39 is 0 Å². The third kappa shape index (κ3) is 6.49. The molecule has 1 rings (SSSR count). The molecule has 0 aromatic carbocycles. The summed E-state index contributed by atoms with van der Waals surface area (Å²) >= 11 is 6.32. The van der Waals surface area contributed by atoms with E-state index in [1.54, 1.807) is 34.9 Å². The Bertz CT molecular complexity index is 367. The molecule has 1 aromatic rings. The smallest absolute Gasteiger partial charge is 0.211 e. The highest BCUT2D eigenvalue weighted by Gasteiger charge is 2.05. The lowest BCUT2D eigenvalue weighted by atomic mass is 10.6. The molecule has 0 spiro atoms. The van der Waals surface area contributed by atoms with Crippen molar-refractivity contribution in [3.8, 4) is 0 Å². The number of rotatable bonds is 8. The first-order valence-corrected chi connectivity index (χ1v) is 8.92. The zero-order valence-electron chi connectivity index (χ0n) is 9.55. The molecule has 17 heavy (non-hydrogen) atoms. The highest BCUT2D eigenvalue weighted by Crippen LogP contribution is 2.29. The Labute approximate surface area is 118 Å². The van der Waals surface area contributed by atoms with Gasteiger partial charge in [-0.05, 0) is 12.5 Å². The van der Waals surface area contributed by atoms with Crippen LogP contribution in [0.25, 0.3) is 0 Å². The van der Waals surface area contributed by atoms with E-state index in [0.717, 1.165) is 32.4 Å². The van der Waals surface area contributed by atoms with Crippen molar-refractivity contribution in [2.75, 3.05) is 17.3 Å². The summed E-state index contributed by atoms with van der Waals surface area (Å²) in [6.07, 6.45) is 2.49. The second-order valence-electron chi connectivity index (χ2n) is 2.90. The van der Waals surface area contributed by atoms with Gasteiger partial charge in [0.05, 0.1) is 0 Å². The van der Waals surface area contributed by atoms with E-state index in [0.29, 0.717) is 0 Å². The SMILES string of the molecule is C=CC(=O)SCCSc1nnc(SCCC)s1. The number of nitrogens with zero attached hydrogens (tertiary/aromatic N) is 2. The lowest BCUT2D eigenvalue weighted by Crippen LogP contribution is -1.89. The Hall–Kier alpha value is 0.0200. The minimum absolute atomic E-state index is 0.0297. The van der Waals surface area contributed by atoms with E-state index in [4.69, 9.17) is 0 Å². The van der Waals surface area contributed by atoms with Crippen LogP contribution in [0.1, 0.15) is 13.3 Å². The molecule has 3 nitrogen and oxygen atoms in total. The molecule has 0 fully saturated rings. The van der Waals surface area contributed by atoms with Crippen molar-refractivity contribution in [3.63, 3.8) is 0 Å². The fourth-order valence-corrected chi connectivity index (χ4v) is 4.49. The van der Waals surface area contributed by atoms with Crippen LogP contribution in [0.3, 0.4) is 0 Å². The van der Waals surface area contributed by atoms with Crippen molar-refractivity contribution in [1.82, 2.24) is 10.2 Å². The summed E-state index contributed by atoms with van der Waals surface area (Å²) in [4.78, 5) is 11.0. The van der Waals surface area contributed by atoms with Gasteiger partial charge in [0.15, 0.2) is 8.68 Å². The van der Waals surface area contributed by atoms with E-state index >= 15 is 0 Å². The molecule has 0 bridgehead atoms. The van der Waals surface area contributed by atoms with Crippen molar-refractivity contribution < 1.29 is 4.79 Å². The van der Waals surface area contributed by atoms with E-state index in [-0.39, 0.29) is 5.12 Å². The zero-order valence-corrected chi connectivity index (χ0v) is 12.8. The van der Waals surface area contributed by atoms with Crippen molar-refractivity contribution in [1.29, 1.82) is 0 Å². The molecule has 1 aromatic heterocycles. The molecule has 0 atom stereocenters. The van der Waals surface area contributed by atoms with Gasteiger partial charge in [-0.3, -0.25) is 4.79 Å². The van der Waals surface area contributed by atoms with Crippen LogP contribution in [-0.4, -0.2) is 32.6 Å². The largest absolute Gasteiger partial charge is 0.282 e. The van der Waals surface area contributed by atoms with E-state index in [1.165, 1.54) is 17.8 Å². The van der Waals surface area contributed by atoms with Gasteiger partial charge < -0.3 is 0 Å². The number of hydrogen-bond donors (Lipinski definition) is 0. The predicted octanol–water partition coefficient (Wildman–Crippen LogP) is 3.58. The van der Waals surface area contributed by atoms with Gasteiger partial charge in [0.25, 0.3) is 0 Å². The second kappa shape index (κ2) is 9.02. The van der Waals surface area contributed by atoms with Gasteiger partial charge in [-0.25, -0.2) is 0 Å². The third-order valence-corrected chi connectivity index (χ3v) is 6.05. The third-order valence-electron chi connectivity index (χ3n) is 1.54. The maximum Gasteiger partial charge on any atom is 0.211 e. The fraction of sp³-hybridized carbons (Fsp3) is 0.500. The number of carbonyl (C=O) groups excluding carboxylic acids is 1.